The number of aryl methyl sites for hydroxylation is 1. The van der Waals surface area contributed by atoms with E-state index in [4.69, 9.17) is 13.7 Å². The normalized spacial score (nSPS) is 21.1. The number of hydrogen-bond donors (Lipinski definition) is 0. The summed E-state index contributed by atoms with van der Waals surface area (Å²) in [5.41, 5.74) is 1.18. The van der Waals surface area contributed by atoms with Crippen LogP contribution in [0.5, 0.6) is 5.75 Å². The number of anilines is 1. The molecule has 3 aliphatic rings. The third-order valence-electron chi connectivity index (χ3n) is 8.65. The molecule has 6 rings (SSSR count). The largest absolute Gasteiger partial charge is 0.493 e. The summed E-state index contributed by atoms with van der Waals surface area (Å²) in [6, 6.07) is 5.49. The molecule has 1 amide bonds. The van der Waals surface area contributed by atoms with E-state index in [1.54, 1.807) is 24.0 Å². The molecular weight excluding hydrogens is 513 g/mol. The Morgan fingerprint density at radius 1 is 1.20 bits per heavy atom. The van der Waals surface area contributed by atoms with Crippen LogP contribution in [0, 0.1) is 30.5 Å². The van der Waals surface area contributed by atoms with E-state index in [1.807, 2.05) is 0 Å². The fourth-order valence-corrected chi connectivity index (χ4v) is 6.19. The average molecular weight is 552 g/mol. The number of carbonyl (C=O) groups is 1. The van der Waals surface area contributed by atoms with E-state index in [9.17, 15) is 9.18 Å². The number of amides is 1. The van der Waals surface area contributed by atoms with Crippen molar-refractivity contribution in [3.8, 4) is 5.75 Å². The first kappa shape index (κ1) is 26.8. The van der Waals surface area contributed by atoms with Crippen LogP contribution < -0.4 is 9.64 Å². The lowest BCUT2D eigenvalue weighted by Gasteiger charge is -2.30. The second-order valence-electron chi connectivity index (χ2n) is 11.8. The maximum absolute atomic E-state index is 14.8. The average Bonchev–Trinajstić information content (AvgIpc) is 3.35. The smallest absolute Gasteiger partial charge is 0.324 e. The summed E-state index contributed by atoms with van der Waals surface area (Å²) in [6.45, 7) is 9.39. The zero-order valence-corrected chi connectivity index (χ0v) is 23.6. The Balaban J connectivity index is 0.918. The van der Waals surface area contributed by atoms with Gasteiger partial charge in [-0.3, -0.25) is 4.79 Å². The number of halogens is 1. The molecule has 2 fully saturated rings. The topological polar surface area (TPSA) is 97.7 Å². The van der Waals surface area contributed by atoms with Gasteiger partial charge >= 0.3 is 6.01 Å². The molecule has 1 aliphatic carbocycles. The van der Waals surface area contributed by atoms with E-state index >= 15 is 0 Å². The maximum Gasteiger partial charge on any atom is 0.324 e. The van der Waals surface area contributed by atoms with Gasteiger partial charge < -0.3 is 23.5 Å². The lowest BCUT2D eigenvalue weighted by Crippen LogP contribution is -2.36. The highest BCUT2D eigenvalue weighted by Gasteiger charge is 2.43. The molecule has 214 valence electrons. The van der Waals surface area contributed by atoms with Crippen LogP contribution in [0.3, 0.4) is 0 Å². The van der Waals surface area contributed by atoms with Crippen molar-refractivity contribution in [2.75, 3.05) is 31.1 Å². The van der Waals surface area contributed by atoms with Crippen LogP contribution >= 0.6 is 0 Å². The van der Waals surface area contributed by atoms with Crippen molar-refractivity contribution in [3.05, 3.63) is 52.7 Å². The zero-order valence-electron chi connectivity index (χ0n) is 23.6. The molecule has 9 nitrogen and oxygen atoms in total. The number of aromatic nitrogens is 3. The van der Waals surface area contributed by atoms with Crippen LogP contribution in [-0.2, 0) is 24.2 Å². The fraction of sp³-hybridized carbons (Fsp3) is 0.600. The van der Waals surface area contributed by atoms with Gasteiger partial charge in [-0.15, -0.1) is 0 Å². The summed E-state index contributed by atoms with van der Waals surface area (Å²) in [7, 11) is 0. The number of rotatable bonds is 9. The van der Waals surface area contributed by atoms with Crippen molar-refractivity contribution in [2.45, 2.75) is 71.8 Å². The number of carbonyl (C=O) groups excluding carboxylic acids is 1. The van der Waals surface area contributed by atoms with Gasteiger partial charge in [0.1, 0.15) is 23.0 Å². The highest BCUT2D eigenvalue weighted by atomic mass is 19.1. The highest BCUT2D eigenvalue weighted by Crippen LogP contribution is 2.50. The van der Waals surface area contributed by atoms with Crippen molar-refractivity contribution in [1.82, 2.24) is 20.0 Å². The minimum absolute atomic E-state index is 0.0201. The standard InChI is InChI=1S/C30H38FN5O4/c1-18(2)29-33-30(40-34-29)35-10-6-20(7-11-35)24-14-21(24)9-13-38-23-5-4-22(25(31)16-23)15-28(37)36-12-8-27-26(17-36)32-19(3)39-27/h4-5,16,18,20-21,24H,6-15,17H2,1-3H3/t21?,24-/m1/s1. The van der Waals surface area contributed by atoms with E-state index in [0.29, 0.717) is 55.3 Å². The maximum atomic E-state index is 14.8. The highest BCUT2D eigenvalue weighted by molar-refractivity contribution is 5.79. The minimum Gasteiger partial charge on any atom is -0.493 e. The van der Waals surface area contributed by atoms with Crippen molar-refractivity contribution >= 4 is 11.9 Å². The number of oxazole rings is 1. The van der Waals surface area contributed by atoms with E-state index < -0.39 is 5.82 Å². The SMILES string of the molecule is Cc1nc2c(o1)CCN(C(=O)Cc1ccc(OCCC3C[C@@H]3C3CCN(c4nc(C(C)C)no4)CC3)cc1F)C2. The predicted molar refractivity (Wildman–Crippen MR) is 145 cm³/mol. The molecule has 1 saturated heterocycles. The molecule has 4 heterocycles. The molecule has 0 spiro atoms. The summed E-state index contributed by atoms with van der Waals surface area (Å²) in [5.74, 6) is 4.63. The summed E-state index contributed by atoms with van der Waals surface area (Å²) >= 11 is 0. The monoisotopic (exact) mass is 551 g/mol. The van der Waals surface area contributed by atoms with Crippen LogP contribution in [0.1, 0.15) is 74.2 Å². The summed E-state index contributed by atoms with van der Waals surface area (Å²) in [6.07, 6.45) is 5.16. The Hall–Kier alpha value is -3.43. The Labute approximate surface area is 234 Å². The van der Waals surface area contributed by atoms with Gasteiger partial charge in [0.05, 0.1) is 19.6 Å². The van der Waals surface area contributed by atoms with Gasteiger partial charge in [0, 0.05) is 45.0 Å². The Morgan fingerprint density at radius 3 is 2.77 bits per heavy atom. The minimum atomic E-state index is -0.404. The first-order valence-electron chi connectivity index (χ1n) is 14.6. The number of hydrogen-bond acceptors (Lipinski definition) is 8. The molecule has 2 aliphatic heterocycles. The van der Waals surface area contributed by atoms with E-state index in [1.165, 1.54) is 12.5 Å². The molecule has 1 saturated carbocycles. The number of ether oxygens (including phenoxy) is 1. The van der Waals surface area contributed by atoms with Crippen molar-refractivity contribution in [2.24, 2.45) is 17.8 Å². The van der Waals surface area contributed by atoms with Crippen molar-refractivity contribution in [3.63, 3.8) is 0 Å². The second kappa shape index (κ2) is 11.2. The first-order chi connectivity index (χ1) is 19.3. The van der Waals surface area contributed by atoms with E-state index in [0.717, 1.165) is 61.5 Å². The van der Waals surface area contributed by atoms with Crippen LogP contribution in [-0.4, -0.2) is 52.2 Å². The fourth-order valence-electron chi connectivity index (χ4n) is 6.19. The van der Waals surface area contributed by atoms with E-state index in [-0.39, 0.29) is 18.2 Å². The molecule has 0 N–H and O–H groups in total. The lowest BCUT2D eigenvalue weighted by atomic mass is 9.90. The molecule has 1 unspecified atom stereocenters. The Kier molecular flexibility index (Phi) is 7.51. The molecular formula is C30H38FN5O4. The third kappa shape index (κ3) is 5.86. The molecule has 0 bridgehead atoms. The van der Waals surface area contributed by atoms with Crippen molar-refractivity contribution < 1.29 is 22.9 Å². The summed E-state index contributed by atoms with van der Waals surface area (Å²) in [5, 5.41) is 4.09. The van der Waals surface area contributed by atoms with Crippen LogP contribution in [0.25, 0.3) is 0 Å². The molecule has 3 aromatic rings. The van der Waals surface area contributed by atoms with Gasteiger partial charge in [-0.05, 0) is 55.1 Å². The number of piperidine rings is 1. The molecule has 0 radical (unpaired) electrons. The van der Waals surface area contributed by atoms with Gasteiger partial charge in [-0.1, -0.05) is 25.1 Å². The quantitative estimate of drug-likeness (QED) is 0.363. The molecule has 2 atom stereocenters. The Morgan fingerprint density at radius 2 is 2.02 bits per heavy atom. The molecule has 2 aromatic heterocycles. The summed E-state index contributed by atoms with van der Waals surface area (Å²) < 4.78 is 31.7. The lowest BCUT2D eigenvalue weighted by molar-refractivity contribution is -0.131. The van der Waals surface area contributed by atoms with Gasteiger partial charge in [0.25, 0.3) is 0 Å². The number of fused-ring (bicyclic) bond motifs is 1. The van der Waals surface area contributed by atoms with Crippen LogP contribution in [0.15, 0.2) is 27.1 Å². The number of nitrogens with zero attached hydrogens (tertiary/aromatic N) is 5. The zero-order chi connectivity index (χ0) is 27.8. The second-order valence-corrected chi connectivity index (χ2v) is 11.8. The van der Waals surface area contributed by atoms with Gasteiger partial charge in [0.15, 0.2) is 11.7 Å². The molecule has 40 heavy (non-hydrogen) atoms. The van der Waals surface area contributed by atoms with Gasteiger partial charge in [0.2, 0.25) is 5.91 Å². The van der Waals surface area contributed by atoms with E-state index in [2.05, 4.69) is 33.9 Å². The van der Waals surface area contributed by atoms with Crippen LogP contribution in [0.4, 0.5) is 10.4 Å². The molecule has 1 aromatic carbocycles. The number of benzene rings is 1. The predicted octanol–water partition coefficient (Wildman–Crippen LogP) is 5.08. The molecule has 10 heteroatoms. The van der Waals surface area contributed by atoms with Crippen molar-refractivity contribution in [1.29, 1.82) is 0 Å². The summed E-state index contributed by atoms with van der Waals surface area (Å²) in [4.78, 5) is 25.6. The Bertz CT molecular complexity index is 1350. The van der Waals surface area contributed by atoms with Crippen LogP contribution in [0.2, 0.25) is 0 Å². The third-order valence-corrected chi connectivity index (χ3v) is 8.65. The van der Waals surface area contributed by atoms with Gasteiger partial charge in [-0.25, -0.2) is 9.37 Å². The van der Waals surface area contributed by atoms with Gasteiger partial charge in [-0.2, -0.15) is 4.98 Å². The first-order valence-corrected chi connectivity index (χ1v) is 14.6.